The van der Waals surface area contributed by atoms with Crippen LogP contribution in [0.5, 0.6) is 0 Å². The van der Waals surface area contributed by atoms with Gasteiger partial charge in [-0.3, -0.25) is 9.59 Å². The van der Waals surface area contributed by atoms with Gasteiger partial charge in [-0.05, 0) is 17.0 Å². The van der Waals surface area contributed by atoms with Crippen LogP contribution >= 0.6 is 0 Å². The highest BCUT2D eigenvalue weighted by Crippen LogP contribution is 2.32. The summed E-state index contributed by atoms with van der Waals surface area (Å²) in [6.07, 6.45) is 3.77. The second-order valence-corrected chi connectivity index (χ2v) is 8.15. The second kappa shape index (κ2) is 8.30. The summed E-state index contributed by atoms with van der Waals surface area (Å²) < 4.78 is 1.90. The molecular formula is C26H24N4O2. The van der Waals surface area contributed by atoms with Gasteiger partial charge < -0.3 is 14.8 Å². The number of anilines is 1. The maximum absolute atomic E-state index is 13.3. The Kier molecular flexibility index (Phi) is 5.19. The molecule has 160 valence electrons. The van der Waals surface area contributed by atoms with Gasteiger partial charge >= 0.3 is 0 Å². The van der Waals surface area contributed by atoms with Crippen LogP contribution in [0.4, 0.5) is 5.69 Å². The maximum Gasteiger partial charge on any atom is 0.227 e. The lowest BCUT2D eigenvalue weighted by Gasteiger charge is -2.22. The van der Waals surface area contributed by atoms with Gasteiger partial charge in [0.05, 0.1) is 11.6 Å². The minimum Gasteiger partial charge on any atom is -0.342 e. The fourth-order valence-electron chi connectivity index (χ4n) is 4.42. The predicted molar refractivity (Wildman–Crippen MR) is 124 cm³/mol. The first-order valence-electron chi connectivity index (χ1n) is 10.7. The number of imidazole rings is 1. The Bertz CT molecular complexity index is 1280. The average Bonchev–Trinajstić information content (AvgIpc) is 3.43. The molecule has 2 unspecified atom stereocenters. The van der Waals surface area contributed by atoms with E-state index >= 15 is 0 Å². The molecular weight excluding hydrogens is 400 g/mol. The number of amides is 2. The van der Waals surface area contributed by atoms with E-state index in [1.54, 1.807) is 11.1 Å². The van der Waals surface area contributed by atoms with Crippen LogP contribution < -0.4 is 10.2 Å². The molecule has 1 fully saturated rings. The first-order chi connectivity index (χ1) is 15.6. The number of hydrogen-bond acceptors (Lipinski definition) is 3. The highest BCUT2D eigenvalue weighted by Gasteiger charge is 2.37. The molecule has 4 aromatic rings. The van der Waals surface area contributed by atoms with Crippen molar-refractivity contribution >= 4 is 28.3 Å². The first-order valence-corrected chi connectivity index (χ1v) is 10.7. The van der Waals surface area contributed by atoms with Gasteiger partial charge in [0, 0.05) is 37.8 Å². The smallest absolute Gasteiger partial charge is 0.227 e. The van der Waals surface area contributed by atoms with E-state index in [0.29, 0.717) is 6.54 Å². The molecule has 2 heterocycles. The summed E-state index contributed by atoms with van der Waals surface area (Å²) in [7, 11) is 1.91. The third-order valence-electron chi connectivity index (χ3n) is 6.09. The molecule has 1 N–H and O–H groups in total. The molecule has 6 heteroatoms. The van der Waals surface area contributed by atoms with Crippen LogP contribution in [0, 0.1) is 5.92 Å². The topological polar surface area (TPSA) is 67.2 Å². The van der Waals surface area contributed by atoms with Crippen molar-refractivity contribution in [2.24, 2.45) is 13.0 Å². The van der Waals surface area contributed by atoms with Gasteiger partial charge in [-0.1, -0.05) is 66.7 Å². The summed E-state index contributed by atoms with van der Waals surface area (Å²) >= 11 is 0. The number of carbonyl (C=O) groups is 2. The van der Waals surface area contributed by atoms with Crippen LogP contribution in [0.2, 0.25) is 0 Å². The van der Waals surface area contributed by atoms with Gasteiger partial charge in [0.1, 0.15) is 11.9 Å². The van der Waals surface area contributed by atoms with E-state index in [4.69, 9.17) is 0 Å². The van der Waals surface area contributed by atoms with Crippen LogP contribution in [0.25, 0.3) is 10.8 Å². The normalized spacial score (nSPS) is 17.0. The number of aryl methyl sites for hydroxylation is 1. The Balaban J connectivity index is 1.40. The molecule has 0 spiro atoms. The molecule has 5 rings (SSSR count). The van der Waals surface area contributed by atoms with Crippen molar-refractivity contribution in [3.63, 3.8) is 0 Å². The Morgan fingerprint density at radius 3 is 2.56 bits per heavy atom. The lowest BCUT2D eigenvalue weighted by molar-refractivity contribution is -0.126. The zero-order valence-corrected chi connectivity index (χ0v) is 17.8. The van der Waals surface area contributed by atoms with Gasteiger partial charge in [0.2, 0.25) is 11.8 Å². The van der Waals surface area contributed by atoms with Crippen molar-refractivity contribution in [3.05, 3.63) is 96.6 Å². The lowest BCUT2D eigenvalue weighted by Crippen LogP contribution is -2.37. The summed E-state index contributed by atoms with van der Waals surface area (Å²) in [5, 5.41) is 5.23. The maximum atomic E-state index is 13.3. The Morgan fingerprint density at radius 1 is 1.03 bits per heavy atom. The number of carbonyl (C=O) groups excluding carboxylic acids is 2. The monoisotopic (exact) mass is 424 g/mol. The van der Waals surface area contributed by atoms with Gasteiger partial charge in [0.25, 0.3) is 0 Å². The van der Waals surface area contributed by atoms with Crippen molar-refractivity contribution in [3.8, 4) is 0 Å². The predicted octanol–water partition coefficient (Wildman–Crippen LogP) is 3.83. The highest BCUT2D eigenvalue weighted by atomic mass is 16.2. The minimum atomic E-state index is -0.423. The summed E-state index contributed by atoms with van der Waals surface area (Å²) in [5.74, 6) is 0.153. The van der Waals surface area contributed by atoms with Gasteiger partial charge in [-0.15, -0.1) is 0 Å². The molecule has 1 aliphatic rings. The summed E-state index contributed by atoms with van der Waals surface area (Å²) in [5.41, 5.74) is 1.80. The molecule has 2 atom stereocenters. The van der Waals surface area contributed by atoms with Crippen molar-refractivity contribution in [2.45, 2.75) is 12.5 Å². The van der Waals surface area contributed by atoms with E-state index in [2.05, 4.69) is 10.3 Å². The summed E-state index contributed by atoms with van der Waals surface area (Å²) in [4.78, 5) is 32.4. The first kappa shape index (κ1) is 20.0. The number of benzene rings is 3. The zero-order valence-electron chi connectivity index (χ0n) is 17.8. The van der Waals surface area contributed by atoms with E-state index in [1.807, 2.05) is 90.6 Å². The number of hydrogen-bond donors (Lipinski definition) is 1. The minimum absolute atomic E-state index is 0.0326. The molecule has 6 nitrogen and oxygen atoms in total. The van der Waals surface area contributed by atoms with Gasteiger partial charge in [-0.25, -0.2) is 4.98 Å². The Hall–Kier alpha value is -3.93. The van der Waals surface area contributed by atoms with Crippen LogP contribution in [-0.4, -0.2) is 27.9 Å². The quantitative estimate of drug-likeness (QED) is 0.529. The number of aromatic nitrogens is 2. The standard InChI is InChI=1S/C26H24N4O2/c1-29-15-14-27-25(29)24(19-9-3-2-4-10-19)28-26(32)20-16-23(31)30(17-20)22-13-7-11-18-8-5-6-12-21(18)22/h2-15,20,24H,16-17H2,1H3,(H,28,32). The molecule has 1 saturated heterocycles. The van der Waals surface area contributed by atoms with E-state index in [1.165, 1.54) is 0 Å². The van der Waals surface area contributed by atoms with Crippen LogP contribution in [-0.2, 0) is 16.6 Å². The molecule has 3 aromatic carbocycles. The van der Waals surface area contributed by atoms with E-state index in [0.717, 1.165) is 27.8 Å². The molecule has 0 bridgehead atoms. The van der Waals surface area contributed by atoms with Crippen molar-refractivity contribution in [1.82, 2.24) is 14.9 Å². The van der Waals surface area contributed by atoms with Gasteiger partial charge in [-0.2, -0.15) is 0 Å². The van der Waals surface area contributed by atoms with E-state index in [-0.39, 0.29) is 24.3 Å². The molecule has 1 aromatic heterocycles. The third kappa shape index (κ3) is 3.64. The zero-order chi connectivity index (χ0) is 22.1. The van der Waals surface area contributed by atoms with E-state index in [9.17, 15) is 9.59 Å². The summed E-state index contributed by atoms with van der Waals surface area (Å²) in [6.45, 7) is 0.362. The number of rotatable bonds is 5. The van der Waals surface area contributed by atoms with Crippen molar-refractivity contribution < 1.29 is 9.59 Å². The van der Waals surface area contributed by atoms with Crippen LogP contribution in [0.1, 0.15) is 23.9 Å². The van der Waals surface area contributed by atoms with Crippen molar-refractivity contribution in [1.29, 1.82) is 0 Å². The van der Waals surface area contributed by atoms with Crippen LogP contribution in [0.15, 0.2) is 85.2 Å². The molecule has 1 aliphatic heterocycles. The highest BCUT2D eigenvalue weighted by molar-refractivity contribution is 6.07. The molecule has 2 amide bonds. The summed E-state index contributed by atoms with van der Waals surface area (Å²) in [6, 6.07) is 23.3. The van der Waals surface area contributed by atoms with Crippen LogP contribution in [0.3, 0.4) is 0 Å². The largest absolute Gasteiger partial charge is 0.342 e. The van der Waals surface area contributed by atoms with Gasteiger partial charge in [0.15, 0.2) is 0 Å². The Labute approximate surface area is 186 Å². The average molecular weight is 425 g/mol. The molecule has 32 heavy (non-hydrogen) atoms. The SMILES string of the molecule is Cn1ccnc1C(NC(=O)C1CC(=O)N(c2cccc3ccccc23)C1)c1ccccc1. The Morgan fingerprint density at radius 2 is 1.78 bits per heavy atom. The number of nitrogens with zero attached hydrogens (tertiary/aromatic N) is 3. The number of fused-ring (bicyclic) bond motifs is 1. The lowest BCUT2D eigenvalue weighted by atomic mass is 10.0. The molecule has 0 radical (unpaired) electrons. The number of nitrogens with one attached hydrogen (secondary N) is 1. The fraction of sp³-hybridized carbons (Fsp3) is 0.192. The third-order valence-corrected chi connectivity index (χ3v) is 6.09. The second-order valence-electron chi connectivity index (χ2n) is 8.15. The van der Waals surface area contributed by atoms with Crippen molar-refractivity contribution in [2.75, 3.05) is 11.4 Å². The molecule has 0 saturated carbocycles. The fourth-order valence-corrected chi connectivity index (χ4v) is 4.42. The van der Waals surface area contributed by atoms with E-state index < -0.39 is 5.92 Å². The molecule has 0 aliphatic carbocycles.